The highest BCUT2D eigenvalue weighted by molar-refractivity contribution is 8.18. The Hall–Kier alpha value is -3.97. The van der Waals surface area contributed by atoms with Crippen molar-refractivity contribution < 1.29 is 18.8 Å². The zero-order valence-corrected chi connectivity index (χ0v) is 18.1. The lowest BCUT2D eigenvalue weighted by Crippen LogP contribution is -2.36. The van der Waals surface area contributed by atoms with Crippen LogP contribution in [0.15, 0.2) is 83.8 Å². The minimum absolute atomic E-state index is 0.260. The van der Waals surface area contributed by atoms with Crippen molar-refractivity contribution in [3.05, 3.63) is 95.1 Å². The van der Waals surface area contributed by atoms with Crippen molar-refractivity contribution >= 4 is 62.1 Å². The normalized spacial score (nSPS) is 15.1. The Morgan fingerprint density at radius 1 is 0.909 bits per heavy atom. The molecule has 7 heteroatoms. The van der Waals surface area contributed by atoms with E-state index in [4.69, 9.17) is 0 Å². The largest absolute Gasteiger partial charge is 0.325 e. The molecule has 1 aliphatic heterocycles. The molecule has 1 N–H and O–H groups in total. The number of amides is 3. The fourth-order valence-electron chi connectivity index (χ4n) is 3.85. The fourth-order valence-corrected chi connectivity index (χ4v) is 4.67. The monoisotopic (exact) mass is 456 g/mol. The van der Waals surface area contributed by atoms with Crippen LogP contribution >= 0.6 is 11.8 Å². The van der Waals surface area contributed by atoms with E-state index in [1.54, 1.807) is 6.08 Å². The van der Waals surface area contributed by atoms with Gasteiger partial charge in [0.25, 0.3) is 11.1 Å². The molecule has 4 aromatic rings. The Balaban J connectivity index is 1.45. The molecule has 1 aliphatic rings. The van der Waals surface area contributed by atoms with Gasteiger partial charge in [-0.2, -0.15) is 0 Å². The first-order chi connectivity index (χ1) is 16.0. The topological polar surface area (TPSA) is 66.5 Å². The van der Waals surface area contributed by atoms with Gasteiger partial charge in [-0.05, 0) is 75.3 Å². The number of thioether (sulfide) groups is 1. The van der Waals surface area contributed by atoms with Gasteiger partial charge in [-0.3, -0.25) is 19.3 Å². The molecule has 0 radical (unpaired) electrons. The Labute approximate surface area is 192 Å². The number of anilines is 1. The number of hydrogen-bond acceptors (Lipinski definition) is 4. The second-order valence-corrected chi connectivity index (χ2v) is 8.55. The van der Waals surface area contributed by atoms with Crippen LogP contribution in [-0.2, 0) is 9.59 Å². The maximum absolute atomic E-state index is 13.1. The van der Waals surface area contributed by atoms with Gasteiger partial charge in [0.2, 0.25) is 5.91 Å². The summed E-state index contributed by atoms with van der Waals surface area (Å²) < 4.78 is 13.1. The van der Waals surface area contributed by atoms with E-state index < -0.39 is 29.4 Å². The van der Waals surface area contributed by atoms with E-state index in [-0.39, 0.29) is 4.91 Å². The summed E-state index contributed by atoms with van der Waals surface area (Å²) in [5.74, 6) is -1.48. The molecule has 5 nitrogen and oxygen atoms in total. The molecular weight excluding hydrogens is 439 g/mol. The lowest BCUT2D eigenvalue weighted by Gasteiger charge is -2.12. The summed E-state index contributed by atoms with van der Waals surface area (Å²) in [6.07, 6.45) is 1.73. The lowest BCUT2D eigenvalue weighted by atomic mass is 9.96. The van der Waals surface area contributed by atoms with E-state index in [1.165, 1.54) is 24.3 Å². The maximum Gasteiger partial charge on any atom is 0.294 e. The molecule has 4 aromatic carbocycles. The van der Waals surface area contributed by atoms with Crippen LogP contribution < -0.4 is 5.32 Å². The summed E-state index contributed by atoms with van der Waals surface area (Å²) in [5, 5.41) is 6.06. The van der Waals surface area contributed by atoms with E-state index in [0.717, 1.165) is 43.8 Å². The number of halogens is 1. The number of carbonyl (C=O) groups is 3. The second-order valence-electron chi connectivity index (χ2n) is 7.56. The van der Waals surface area contributed by atoms with Gasteiger partial charge in [-0.25, -0.2) is 4.39 Å². The minimum Gasteiger partial charge on any atom is -0.325 e. The highest BCUT2D eigenvalue weighted by Crippen LogP contribution is 2.36. The van der Waals surface area contributed by atoms with Gasteiger partial charge in [0.15, 0.2) is 0 Å². The standard InChI is InChI=1S/C26H17FN2O3S/c27-18-9-11-19(12-10-18)28-24(30)15-29-25(31)23(33-26(29)32)14-22-20-7-3-1-5-16(20)13-17-6-2-4-8-21(17)22/h1-14H,15H2,(H,28,30)/b23-14-. The van der Waals surface area contributed by atoms with Gasteiger partial charge in [0, 0.05) is 5.69 Å². The van der Waals surface area contributed by atoms with Crippen molar-refractivity contribution in [2.45, 2.75) is 0 Å². The number of rotatable bonds is 4. The fraction of sp³-hybridized carbons (Fsp3) is 0.0385. The van der Waals surface area contributed by atoms with Crippen molar-refractivity contribution in [1.29, 1.82) is 0 Å². The molecule has 0 bridgehead atoms. The van der Waals surface area contributed by atoms with Gasteiger partial charge in [0.1, 0.15) is 12.4 Å². The number of benzene rings is 4. The number of carbonyl (C=O) groups excluding carboxylic acids is 3. The third-order valence-corrected chi connectivity index (χ3v) is 6.30. The van der Waals surface area contributed by atoms with Crippen LogP contribution in [0.4, 0.5) is 14.9 Å². The molecule has 1 heterocycles. The Morgan fingerprint density at radius 3 is 2.15 bits per heavy atom. The predicted molar refractivity (Wildman–Crippen MR) is 129 cm³/mol. The summed E-state index contributed by atoms with van der Waals surface area (Å²) in [6, 6.07) is 23.1. The van der Waals surface area contributed by atoms with Crippen molar-refractivity contribution in [3.63, 3.8) is 0 Å². The second kappa shape index (κ2) is 8.52. The van der Waals surface area contributed by atoms with Crippen LogP contribution in [0.2, 0.25) is 0 Å². The molecule has 0 aliphatic carbocycles. The van der Waals surface area contributed by atoms with Gasteiger partial charge in [0.05, 0.1) is 4.91 Å². The quantitative estimate of drug-likeness (QED) is 0.311. The van der Waals surface area contributed by atoms with Crippen molar-refractivity contribution in [2.24, 2.45) is 0 Å². The molecule has 162 valence electrons. The van der Waals surface area contributed by atoms with E-state index in [9.17, 15) is 18.8 Å². The average molecular weight is 456 g/mol. The summed E-state index contributed by atoms with van der Waals surface area (Å²) in [4.78, 5) is 39.1. The molecule has 0 spiro atoms. The molecule has 33 heavy (non-hydrogen) atoms. The molecule has 0 atom stereocenters. The van der Waals surface area contributed by atoms with Crippen molar-refractivity contribution in [1.82, 2.24) is 4.90 Å². The average Bonchev–Trinajstić information content (AvgIpc) is 3.07. The van der Waals surface area contributed by atoms with Crippen LogP contribution in [0.1, 0.15) is 5.56 Å². The van der Waals surface area contributed by atoms with Crippen LogP contribution in [-0.4, -0.2) is 28.5 Å². The zero-order chi connectivity index (χ0) is 22.9. The number of nitrogens with one attached hydrogen (secondary N) is 1. The molecule has 1 fully saturated rings. The predicted octanol–water partition coefficient (Wildman–Crippen LogP) is 5.81. The van der Waals surface area contributed by atoms with E-state index >= 15 is 0 Å². The summed E-state index contributed by atoms with van der Waals surface area (Å²) in [7, 11) is 0. The van der Waals surface area contributed by atoms with Crippen LogP contribution in [0, 0.1) is 5.82 Å². The summed E-state index contributed by atoms with van der Waals surface area (Å²) >= 11 is 0.813. The summed E-state index contributed by atoms with van der Waals surface area (Å²) in [5.41, 5.74) is 1.23. The number of fused-ring (bicyclic) bond motifs is 2. The van der Waals surface area contributed by atoms with E-state index in [0.29, 0.717) is 5.69 Å². The first-order valence-electron chi connectivity index (χ1n) is 10.2. The third kappa shape index (κ3) is 4.10. The number of hydrogen-bond donors (Lipinski definition) is 1. The molecule has 0 unspecified atom stereocenters. The van der Waals surface area contributed by atoms with Crippen LogP contribution in [0.25, 0.3) is 27.6 Å². The van der Waals surface area contributed by atoms with Gasteiger partial charge >= 0.3 is 0 Å². The zero-order valence-electron chi connectivity index (χ0n) is 17.2. The van der Waals surface area contributed by atoms with Gasteiger partial charge in [-0.15, -0.1) is 0 Å². The molecule has 1 saturated heterocycles. The maximum atomic E-state index is 13.1. The highest BCUT2D eigenvalue weighted by atomic mass is 32.2. The van der Waals surface area contributed by atoms with Gasteiger partial charge in [-0.1, -0.05) is 48.5 Å². The molecule has 3 amide bonds. The first-order valence-corrected chi connectivity index (χ1v) is 11.0. The van der Waals surface area contributed by atoms with E-state index in [2.05, 4.69) is 11.4 Å². The smallest absolute Gasteiger partial charge is 0.294 e. The molecular formula is C26H17FN2O3S. The Kier molecular flexibility index (Phi) is 5.40. The third-order valence-electron chi connectivity index (χ3n) is 5.39. The molecule has 0 aromatic heterocycles. The number of nitrogens with zero attached hydrogens (tertiary/aromatic N) is 1. The minimum atomic E-state index is -0.541. The van der Waals surface area contributed by atoms with E-state index in [1.807, 2.05) is 48.5 Å². The SMILES string of the molecule is O=C(CN1C(=O)S/C(=C\c2c3ccccc3cc3ccccc23)C1=O)Nc1ccc(F)cc1. The number of imide groups is 1. The Bertz CT molecular complexity index is 1410. The van der Waals surface area contributed by atoms with Crippen molar-refractivity contribution in [3.8, 4) is 0 Å². The Morgan fingerprint density at radius 2 is 1.52 bits per heavy atom. The lowest BCUT2D eigenvalue weighted by molar-refractivity contribution is -0.127. The first kappa shape index (κ1) is 20.9. The molecule has 0 saturated carbocycles. The van der Waals surface area contributed by atoms with Crippen LogP contribution in [0.3, 0.4) is 0 Å². The van der Waals surface area contributed by atoms with Crippen molar-refractivity contribution in [2.75, 3.05) is 11.9 Å². The highest BCUT2D eigenvalue weighted by Gasteiger charge is 2.36. The summed E-state index contributed by atoms with van der Waals surface area (Å²) in [6.45, 7) is -0.421. The molecule has 5 rings (SSSR count). The van der Waals surface area contributed by atoms with Gasteiger partial charge < -0.3 is 5.32 Å². The van der Waals surface area contributed by atoms with Crippen LogP contribution in [0.5, 0.6) is 0 Å².